The highest BCUT2D eigenvalue weighted by Crippen LogP contribution is 2.33. The number of rotatable bonds is 7. The predicted octanol–water partition coefficient (Wildman–Crippen LogP) is 5.69. The van der Waals surface area contributed by atoms with Crippen LogP contribution in [0.1, 0.15) is 35.3 Å². The summed E-state index contributed by atoms with van der Waals surface area (Å²) in [7, 11) is 1.29. The van der Waals surface area contributed by atoms with E-state index in [1.165, 1.54) is 13.2 Å². The highest BCUT2D eigenvalue weighted by molar-refractivity contribution is 6.30. The van der Waals surface area contributed by atoms with Gasteiger partial charge in [0.25, 0.3) is 5.91 Å². The molecule has 6 nitrogen and oxygen atoms in total. The molecule has 2 aliphatic rings. The van der Waals surface area contributed by atoms with Crippen LogP contribution < -0.4 is 4.74 Å². The minimum atomic E-state index is -4.58. The summed E-state index contributed by atoms with van der Waals surface area (Å²) in [5, 5.41) is 0.622. The lowest BCUT2D eigenvalue weighted by atomic mass is 10.00. The molecule has 2 aromatic carbocycles. The summed E-state index contributed by atoms with van der Waals surface area (Å²) in [6.07, 6.45) is -3.63. The van der Waals surface area contributed by atoms with E-state index in [-0.39, 0.29) is 54.4 Å². The van der Waals surface area contributed by atoms with Gasteiger partial charge in [-0.2, -0.15) is 13.2 Å². The average molecular weight is 627 g/mol. The average Bonchev–Trinajstić information content (AvgIpc) is 2.87. The van der Waals surface area contributed by atoms with Crippen LogP contribution in [0.5, 0.6) is 5.75 Å². The fourth-order valence-electron chi connectivity index (χ4n) is 5.38. The molecule has 0 aromatic heterocycles. The standard InChI is InChI=1S/C28H35ClF3N3O3.2ClH/c1-19-16-34(17-20(2)38-19)9-8-33-10-11-35(25(18-33)12-21-4-6-24(29)7-5-21)27(36)22-13-23(28(30,31)32)15-26(14-22)37-3;;/h4-7,13-15,19-20,25H,8-12,16-18H2,1-3H3;2*1H/t19?,20?,25-;;/m1../s1. The van der Waals surface area contributed by atoms with E-state index in [0.29, 0.717) is 31.1 Å². The van der Waals surface area contributed by atoms with Crippen LogP contribution in [0, 0.1) is 0 Å². The number of hydrogen-bond donors (Lipinski definition) is 0. The third-order valence-corrected chi connectivity index (χ3v) is 7.41. The van der Waals surface area contributed by atoms with E-state index in [0.717, 1.165) is 43.9 Å². The van der Waals surface area contributed by atoms with Crippen LogP contribution in [0.25, 0.3) is 0 Å². The maximum Gasteiger partial charge on any atom is 0.416 e. The molecule has 2 heterocycles. The van der Waals surface area contributed by atoms with Crippen molar-refractivity contribution in [1.82, 2.24) is 14.7 Å². The van der Waals surface area contributed by atoms with Crippen molar-refractivity contribution in [1.29, 1.82) is 0 Å². The van der Waals surface area contributed by atoms with Crippen LogP contribution in [-0.4, -0.2) is 91.8 Å². The topological polar surface area (TPSA) is 45.2 Å². The molecule has 0 N–H and O–H groups in total. The summed E-state index contributed by atoms with van der Waals surface area (Å²) >= 11 is 6.06. The zero-order valence-corrected chi connectivity index (χ0v) is 25.2. The van der Waals surface area contributed by atoms with Gasteiger partial charge in [-0.1, -0.05) is 23.7 Å². The molecule has 224 valence electrons. The van der Waals surface area contributed by atoms with Crippen LogP contribution in [0.2, 0.25) is 5.02 Å². The normalized spacial score (nSPS) is 22.3. The van der Waals surface area contributed by atoms with Crippen LogP contribution >= 0.6 is 36.4 Å². The molecule has 0 spiro atoms. The monoisotopic (exact) mass is 625 g/mol. The minimum Gasteiger partial charge on any atom is -0.497 e. The maximum absolute atomic E-state index is 13.6. The number of carbonyl (C=O) groups is 1. The summed E-state index contributed by atoms with van der Waals surface area (Å²) in [5.74, 6) is -0.422. The number of hydrogen-bond acceptors (Lipinski definition) is 5. The zero-order chi connectivity index (χ0) is 27.4. The van der Waals surface area contributed by atoms with Gasteiger partial charge >= 0.3 is 6.18 Å². The van der Waals surface area contributed by atoms with Crippen molar-refractivity contribution in [3.63, 3.8) is 0 Å². The van der Waals surface area contributed by atoms with Crippen molar-refractivity contribution in [3.05, 3.63) is 64.2 Å². The fraction of sp³-hybridized carbons (Fsp3) is 0.536. The second-order valence-corrected chi connectivity index (χ2v) is 10.7. The van der Waals surface area contributed by atoms with E-state index < -0.39 is 17.6 Å². The largest absolute Gasteiger partial charge is 0.497 e. The molecule has 40 heavy (non-hydrogen) atoms. The Kier molecular flexibility index (Phi) is 12.9. The first kappa shape index (κ1) is 34.5. The summed E-state index contributed by atoms with van der Waals surface area (Å²) in [6, 6.07) is 10.5. The Bertz CT molecular complexity index is 1100. The molecule has 0 aliphatic carbocycles. The van der Waals surface area contributed by atoms with Gasteiger partial charge in [-0.3, -0.25) is 14.6 Å². The number of alkyl halides is 3. The molecule has 0 bridgehead atoms. The predicted molar refractivity (Wildman–Crippen MR) is 155 cm³/mol. The van der Waals surface area contributed by atoms with Gasteiger partial charge < -0.3 is 14.4 Å². The Balaban J connectivity index is 0.00000280. The zero-order valence-electron chi connectivity index (χ0n) is 22.8. The molecule has 12 heteroatoms. The van der Waals surface area contributed by atoms with Gasteiger partial charge in [-0.25, -0.2) is 0 Å². The van der Waals surface area contributed by atoms with Crippen molar-refractivity contribution < 1.29 is 27.4 Å². The molecule has 3 atom stereocenters. The van der Waals surface area contributed by atoms with Gasteiger partial charge in [0.15, 0.2) is 0 Å². The quantitative estimate of drug-likeness (QED) is 0.395. The molecule has 0 radical (unpaired) electrons. The Morgan fingerprint density at radius 1 is 0.975 bits per heavy atom. The number of amides is 1. The third kappa shape index (κ3) is 9.13. The number of morpholine rings is 1. The van der Waals surface area contributed by atoms with E-state index in [1.54, 1.807) is 4.90 Å². The summed E-state index contributed by atoms with van der Waals surface area (Å²) < 4.78 is 51.5. The first-order valence-corrected chi connectivity index (χ1v) is 13.3. The van der Waals surface area contributed by atoms with Gasteiger partial charge in [0.05, 0.1) is 24.9 Å². The van der Waals surface area contributed by atoms with Gasteiger partial charge in [0, 0.05) is 62.4 Å². The molecule has 2 aliphatic heterocycles. The molecule has 0 saturated carbocycles. The number of halogens is 6. The first-order chi connectivity index (χ1) is 18.0. The second-order valence-electron chi connectivity index (χ2n) is 10.2. The van der Waals surface area contributed by atoms with Crippen LogP contribution in [0.15, 0.2) is 42.5 Å². The third-order valence-electron chi connectivity index (χ3n) is 7.16. The minimum absolute atomic E-state index is 0. The lowest BCUT2D eigenvalue weighted by molar-refractivity contribution is -0.137. The van der Waals surface area contributed by atoms with Gasteiger partial charge in [0.2, 0.25) is 0 Å². The Morgan fingerprint density at radius 2 is 1.60 bits per heavy atom. The maximum atomic E-state index is 13.6. The highest BCUT2D eigenvalue weighted by Gasteiger charge is 2.35. The van der Waals surface area contributed by atoms with E-state index in [9.17, 15) is 18.0 Å². The van der Waals surface area contributed by atoms with Crippen molar-refractivity contribution in [2.24, 2.45) is 0 Å². The van der Waals surface area contributed by atoms with Gasteiger partial charge in [-0.05, 0) is 56.2 Å². The number of methoxy groups -OCH3 is 1. The highest BCUT2D eigenvalue weighted by atomic mass is 35.5. The number of carbonyl (C=O) groups excluding carboxylic acids is 1. The summed E-state index contributed by atoms with van der Waals surface area (Å²) in [5.41, 5.74) is 0.0843. The Labute approximate surface area is 251 Å². The van der Waals surface area contributed by atoms with E-state index in [1.807, 2.05) is 24.3 Å². The first-order valence-electron chi connectivity index (χ1n) is 12.9. The molecule has 2 fully saturated rings. The van der Waals surface area contributed by atoms with Crippen LogP contribution in [0.3, 0.4) is 0 Å². The molecule has 2 unspecified atom stereocenters. The lowest BCUT2D eigenvalue weighted by Gasteiger charge is -2.43. The fourth-order valence-corrected chi connectivity index (χ4v) is 5.50. The SMILES string of the molecule is COc1cc(C(=O)N2CCN(CCN3CC(C)OC(C)C3)C[C@H]2Cc2ccc(Cl)cc2)cc(C(F)(F)F)c1.Cl.Cl. The number of nitrogens with zero attached hydrogens (tertiary/aromatic N) is 3. The number of piperazine rings is 1. The molecule has 2 saturated heterocycles. The number of benzene rings is 2. The van der Waals surface area contributed by atoms with E-state index in [2.05, 4.69) is 23.6 Å². The molecule has 2 aromatic rings. The Hall–Kier alpha value is -1.75. The van der Waals surface area contributed by atoms with E-state index >= 15 is 0 Å². The summed E-state index contributed by atoms with van der Waals surface area (Å²) in [4.78, 5) is 20.1. The van der Waals surface area contributed by atoms with Gasteiger partial charge in [0.1, 0.15) is 5.75 Å². The van der Waals surface area contributed by atoms with Gasteiger partial charge in [-0.15, -0.1) is 24.8 Å². The second kappa shape index (κ2) is 14.9. The van der Waals surface area contributed by atoms with E-state index in [4.69, 9.17) is 21.1 Å². The van der Waals surface area contributed by atoms with Crippen molar-refractivity contribution in [3.8, 4) is 5.75 Å². The van der Waals surface area contributed by atoms with Crippen LogP contribution in [-0.2, 0) is 17.3 Å². The molecular weight excluding hydrogens is 590 g/mol. The van der Waals surface area contributed by atoms with Crippen molar-refractivity contribution in [2.45, 2.75) is 44.7 Å². The summed E-state index contributed by atoms with van der Waals surface area (Å²) in [6.45, 7) is 9.36. The number of ether oxygens (including phenoxy) is 2. The molecular formula is C28H37Cl3F3N3O3. The molecule has 4 rings (SSSR count). The smallest absolute Gasteiger partial charge is 0.416 e. The van der Waals surface area contributed by atoms with Crippen molar-refractivity contribution >= 4 is 42.3 Å². The van der Waals surface area contributed by atoms with Crippen LogP contribution in [0.4, 0.5) is 13.2 Å². The van der Waals surface area contributed by atoms with Crippen molar-refractivity contribution in [2.75, 3.05) is 52.9 Å². The molecule has 1 amide bonds. The Morgan fingerprint density at radius 3 is 2.20 bits per heavy atom. The lowest BCUT2D eigenvalue weighted by Crippen LogP contribution is -2.57.